The minimum Gasteiger partial charge on any atom is -0.444 e. The first kappa shape index (κ1) is 26.9. The number of rotatable bonds is 9. The average Bonchev–Trinajstić information content (AvgIpc) is 2.74. The van der Waals surface area contributed by atoms with E-state index in [2.05, 4.69) is 10.6 Å². The number of benzene rings is 2. The topological polar surface area (TPSA) is 108 Å². The SMILES string of the molecule is Cc1cc(C)cc(C(C(=O)NCc2ccccc2)N(CCO)C(=O)CNC(=O)OC(C)(C)C)c1. The van der Waals surface area contributed by atoms with E-state index in [0.717, 1.165) is 16.7 Å². The first-order valence-electron chi connectivity index (χ1n) is 11.3. The van der Waals surface area contributed by atoms with Crippen molar-refractivity contribution in [3.63, 3.8) is 0 Å². The highest BCUT2D eigenvalue weighted by molar-refractivity contribution is 5.90. The van der Waals surface area contributed by atoms with Crippen LogP contribution in [0.1, 0.15) is 49.1 Å². The van der Waals surface area contributed by atoms with E-state index in [4.69, 9.17) is 4.74 Å². The molecule has 1 unspecified atom stereocenters. The van der Waals surface area contributed by atoms with E-state index in [0.29, 0.717) is 5.56 Å². The molecule has 34 heavy (non-hydrogen) atoms. The van der Waals surface area contributed by atoms with E-state index in [1.54, 1.807) is 20.8 Å². The van der Waals surface area contributed by atoms with Gasteiger partial charge in [0.15, 0.2) is 0 Å². The monoisotopic (exact) mass is 469 g/mol. The van der Waals surface area contributed by atoms with Crippen LogP contribution in [0.15, 0.2) is 48.5 Å². The maximum absolute atomic E-state index is 13.4. The largest absolute Gasteiger partial charge is 0.444 e. The summed E-state index contributed by atoms with van der Waals surface area (Å²) in [5.41, 5.74) is 2.72. The maximum Gasteiger partial charge on any atom is 0.408 e. The van der Waals surface area contributed by atoms with Crippen molar-refractivity contribution < 1.29 is 24.2 Å². The molecular formula is C26H35N3O5. The number of aryl methyl sites for hydroxylation is 2. The highest BCUT2D eigenvalue weighted by Gasteiger charge is 2.31. The van der Waals surface area contributed by atoms with Gasteiger partial charge in [-0.25, -0.2) is 4.79 Å². The zero-order chi connectivity index (χ0) is 25.3. The number of nitrogens with zero attached hydrogens (tertiary/aromatic N) is 1. The predicted octanol–water partition coefficient (Wildman–Crippen LogP) is 3.01. The Labute approximate surface area is 201 Å². The number of carbonyl (C=O) groups is 3. The average molecular weight is 470 g/mol. The van der Waals surface area contributed by atoms with E-state index in [-0.39, 0.29) is 32.1 Å². The summed E-state index contributed by atoms with van der Waals surface area (Å²) in [4.78, 5) is 39.8. The molecule has 0 bridgehead atoms. The van der Waals surface area contributed by atoms with Crippen molar-refractivity contribution in [2.75, 3.05) is 19.7 Å². The minimum atomic E-state index is -0.984. The molecular weight excluding hydrogens is 434 g/mol. The first-order chi connectivity index (χ1) is 16.0. The third-order valence-corrected chi connectivity index (χ3v) is 4.87. The van der Waals surface area contributed by atoms with Crippen LogP contribution in [0.25, 0.3) is 0 Å². The van der Waals surface area contributed by atoms with Gasteiger partial charge in [-0.3, -0.25) is 9.59 Å². The second kappa shape index (κ2) is 12.2. The van der Waals surface area contributed by atoms with Crippen LogP contribution < -0.4 is 10.6 Å². The molecule has 3 N–H and O–H groups in total. The molecule has 0 saturated heterocycles. The Balaban J connectivity index is 2.29. The molecule has 0 spiro atoms. The summed E-state index contributed by atoms with van der Waals surface area (Å²) in [7, 11) is 0. The standard InChI is InChI=1S/C26H35N3O5/c1-18-13-19(2)15-21(14-18)23(24(32)27-16-20-9-7-6-8-10-20)29(11-12-30)22(31)17-28-25(33)34-26(3,4)5/h6-10,13-15,23,30H,11-12,16-17H2,1-5H3,(H,27,32)(H,28,33). The molecule has 3 amide bonds. The molecule has 0 saturated carbocycles. The number of aliphatic hydroxyl groups is 1. The van der Waals surface area contributed by atoms with Crippen LogP contribution in [0.5, 0.6) is 0 Å². The van der Waals surface area contributed by atoms with Crippen molar-refractivity contribution in [1.29, 1.82) is 0 Å². The normalized spacial score (nSPS) is 11.9. The lowest BCUT2D eigenvalue weighted by Gasteiger charge is -2.31. The van der Waals surface area contributed by atoms with Gasteiger partial charge >= 0.3 is 6.09 Å². The van der Waals surface area contributed by atoms with Crippen molar-refractivity contribution in [2.45, 2.75) is 52.8 Å². The van der Waals surface area contributed by atoms with Crippen LogP contribution in [0, 0.1) is 13.8 Å². The van der Waals surface area contributed by atoms with Crippen LogP contribution in [-0.2, 0) is 20.9 Å². The van der Waals surface area contributed by atoms with Crippen LogP contribution in [0.2, 0.25) is 0 Å². The minimum absolute atomic E-state index is 0.0781. The summed E-state index contributed by atoms with van der Waals surface area (Å²) in [5.74, 6) is -0.896. The van der Waals surface area contributed by atoms with E-state index >= 15 is 0 Å². The number of hydrogen-bond donors (Lipinski definition) is 3. The molecule has 2 aromatic rings. The molecule has 0 heterocycles. The second-order valence-corrected chi connectivity index (χ2v) is 9.19. The molecule has 0 radical (unpaired) electrons. The first-order valence-corrected chi connectivity index (χ1v) is 11.3. The Kier molecular flexibility index (Phi) is 9.62. The Bertz CT molecular complexity index is 965. The maximum atomic E-state index is 13.4. The lowest BCUT2D eigenvalue weighted by molar-refractivity contribution is -0.140. The van der Waals surface area contributed by atoms with Crippen molar-refractivity contribution in [2.24, 2.45) is 0 Å². The summed E-state index contributed by atoms with van der Waals surface area (Å²) in [6.45, 7) is 8.49. The summed E-state index contributed by atoms with van der Waals surface area (Å²) in [6, 6.07) is 14.1. The van der Waals surface area contributed by atoms with Crippen LogP contribution >= 0.6 is 0 Å². The highest BCUT2D eigenvalue weighted by atomic mass is 16.6. The van der Waals surface area contributed by atoms with Gasteiger partial charge in [-0.2, -0.15) is 0 Å². The van der Waals surface area contributed by atoms with Crippen molar-refractivity contribution >= 4 is 17.9 Å². The molecule has 0 aromatic heterocycles. The van der Waals surface area contributed by atoms with Gasteiger partial charge in [-0.15, -0.1) is 0 Å². The Hall–Kier alpha value is -3.39. The molecule has 2 aromatic carbocycles. The molecule has 8 nitrogen and oxygen atoms in total. The number of hydrogen-bond acceptors (Lipinski definition) is 5. The number of aliphatic hydroxyl groups excluding tert-OH is 1. The fraction of sp³-hybridized carbons (Fsp3) is 0.423. The van der Waals surface area contributed by atoms with Crippen LogP contribution in [0.3, 0.4) is 0 Å². The van der Waals surface area contributed by atoms with Gasteiger partial charge < -0.3 is 25.4 Å². The van der Waals surface area contributed by atoms with Crippen molar-refractivity contribution in [3.05, 3.63) is 70.8 Å². The number of alkyl carbamates (subject to hydrolysis) is 1. The van der Waals surface area contributed by atoms with Gasteiger partial charge in [0, 0.05) is 13.1 Å². The van der Waals surface area contributed by atoms with Gasteiger partial charge in [-0.05, 0) is 45.7 Å². The molecule has 1 atom stereocenters. The van der Waals surface area contributed by atoms with Gasteiger partial charge in [0.1, 0.15) is 18.2 Å². The van der Waals surface area contributed by atoms with Gasteiger partial charge in [0.25, 0.3) is 0 Å². The van der Waals surface area contributed by atoms with E-state index in [1.165, 1.54) is 4.90 Å². The fourth-order valence-corrected chi connectivity index (χ4v) is 3.59. The third kappa shape index (κ3) is 8.51. The summed E-state index contributed by atoms with van der Waals surface area (Å²) < 4.78 is 5.19. The molecule has 184 valence electrons. The number of carbonyl (C=O) groups excluding carboxylic acids is 3. The Morgan fingerprint density at radius 1 is 1.00 bits per heavy atom. The predicted molar refractivity (Wildman–Crippen MR) is 130 cm³/mol. The van der Waals surface area contributed by atoms with E-state index < -0.39 is 23.6 Å². The smallest absolute Gasteiger partial charge is 0.408 e. The quantitative estimate of drug-likeness (QED) is 0.523. The second-order valence-electron chi connectivity index (χ2n) is 9.19. The van der Waals surface area contributed by atoms with Gasteiger partial charge in [-0.1, -0.05) is 59.7 Å². The lowest BCUT2D eigenvalue weighted by atomic mass is 9.99. The highest BCUT2D eigenvalue weighted by Crippen LogP contribution is 2.24. The summed E-state index contributed by atoms with van der Waals surface area (Å²) in [6.07, 6.45) is -0.735. The number of nitrogens with one attached hydrogen (secondary N) is 2. The molecule has 0 aliphatic rings. The number of amides is 3. The molecule has 0 aliphatic heterocycles. The molecule has 0 fully saturated rings. The molecule has 8 heteroatoms. The zero-order valence-electron chi connectivity index (χ0n) is 20.6. The zero-order valence-corrected chi connectivity index (χ0v) is 20.6. The van der Waals surface area contributed by atoms with E-state index in [9.17, 15) is 19.5 Å². The summed E-state index contributed by atoms with van der Waals surface area (Å²) in [5, 5.41) is 15.0. The fourth-order valence-electron chi connectivity index (χ4n) is 3.59. The molecule has 2 rings (SSSR count). The summed E-state index contributed by atoms with van der Waals surface area (Å²) >= 11 is 0. The van der Waals surface area contributed by atoms with Crippen LogP contribution in [-0.4, -0.2) is 53.2 Å². The van der Waals surface area contributed by atoms with Crippen LogP contribution in [0.4, 0.5) is 4.79 Å². The third-order valence-electron chi connectivity index (χ3n) is 4.87. The molecule has 0 aliphatic carbocycles. The lowest BCUT2D eigenvalue weighted by Crippen LogP contribution is -2.48. The van der Waals surface area contributed by atoms with Crippen molar-refractivity contribution in [1.82, 2.24) is 15.5 Å². The van der Waals surface area contributed by atoms with Gasteiger partial charge in [0.05, 0.1) is 6.61 Å². The van der Waals surface area contributed by atoms with Crippen molar-refractivity contribution in [3.8, 4) is 0 Å². The van der Waals surface area contributed by atoms with E-state index in [1.807, 2.05) is 62.4 Å². The van der Waals surface area contributed by atoms with Gasteiger partial charge in [0.2, 0.25) is 11.8 Å². The Morgan fingerprint density at radius 2 is 1.62 bits per heavy atom. The number of ether oxygens (including phenoxy) is 1. The Morgan fingerprint density at radius 3 is 2.18 bits per heavy atom.